The third kappa shape index (κ3) is 5.15. The number of rotatable bonds is 9. The summed E-state index contributed by atoms with van der Waals surface area (Å²) in [5, 5.41) is 4.08. The Kier molecular flexibility index (Phi) is 7.25. The van der Waals surface area contributed by atoms with Crippen molar-refractivity contribution in [3.05, 3.63) is 66.5 Å². The van der Waals surface area contributed by atoms with Gasteiger partial charge in [0.05, 0.1) is 7.11 Å². The molecule has 11 heteroatoms. The van der Waals surface area contributed by atoms with Crippen molar-refractivity contribution in [2.24, 2.45) is 11.1 Å². The van der Waals surface area contributed by atoms with Gasteiger partial charge in [-0.05, 0) is 80.3 Å². The minimum absolute atomic E-state index is 0.0599. The zero-order valence-electron chi connectivity index (χ0n) is 24.5. The van der Waals surface area contributed by atoms with Crippen LogP contribution in [0.3, 0.4) is 0 Å². The summed E-state index contributed by atoms with van der Waals surface area (Å²) < 4.78 is 7.35. The highest BCUT2D eigenvalue weighted by Crippen LogP contribution is 2.49. The number of nitrogens with two attached hydrogens (primary N) is 1. The molecule has 2 saturated carbocycles. The SMILES string of the molecule is COc1ccc(N(C(=O)C2(C(N)=O)CC2)c2ccc(Nc3ncc4cc(C(=O)N(C)C)n(C5CCCC5)c4n3)cc2)cc1. The highest BCUT2D eigenvalue weighted by molar-refractivity contribution is 6.16. The summed E-state index contributed by atoms with van der Waals surface area (Å²) >= 11 is 0. The van der Waals surface area contributed by atoms with E-state index in [1.165, 1.54) is 4.90 Å². The minimum atomic E-state index is -1.19. The first-order chi connectivity index (χ1) is 20.7. The van der Waals surface area contributed by atoms with E-state index in [4.69, 9.17) is 15.5 Å². The summed E-state index contributed by atoms with van der Waals surface area (Å²) in [6, 6.07) is 16.4. The number of primary amides is 1. The lowest BCUT2D eigenvalue weighted by Gasteiger charge is -2.27. The van der Waals surface area contributed by atoms with Gasteiger partial charge < -0.3 is 25.3 Å². The molecular formula is C32H35N7O4. The van der Waals surface area contributed by atoms with Crippen LogP contribution in [0.1, 0.15) is 55.1 Å². The lowest BCUT2D eigenvalue weighted by Crippen LogP contribution is -2.41. The molecule has 43 heavy (non-hydrogen) atoms. The second-order valence-corrected chi connectivity index (χ2v) is 11.5. The van der Waals surface area contributed by atoms with E-state index in [1.54, 1.807) is 68.7 Å². The van der Waals surface area contributed by atoms with Gasteiger partial charge in [0.25, 0.3) is 5.91 Å². The summed E-state index contributed by atoms with van der Waals surface area (Å²) in [5.41, 5.74) is 7.71. The second kappa shape index (κ2) is 11.0. The van der Waals surface area contributed by atoms with Crippen LogP contribution in [0.25, 0.3) is 11.0 Å². The number of fused-ring (bicyclic) bond motifs is 1. The number of methoxy groups -OCH3 is 1. The van der Waals surface area contributed by atoms with Crippen LogP contribution in [0.4, 0.5) is 23.0 Å². The molecular weight excluding hydrogens is 546 g/mol. The van der Waals surface area contributed by atoms with E-state index in [2.05, 4.69) is 14.9 Å². The number of aromatic nitrogens is 3. The quantitative estimate of drug-likeness (QED) is 0.268. The van der Waals surface area contributed by atoms with Crippen molar-refractivity contribution < 1.29 is 19.1 Å². The fourth-order valence-electron chi connectivity index (χ4n) is 5.84. The van der Waals surface area contributed by atoms with Crippen LogP contribution in [0.15, 0.2) is 60.8 Å². The lowest BCUT2D eigenvalue weighted by molar-refractivity contribution is -0.133. The molecule has 0 saturated heterocycles. The molecule has 2 aliphatic carbocycles. The first-order valence-electron chi connectivity index (χ1n) is 14.5. The van der Waals surface area contributed by atoms with Gasteiger partial charge in [0.2, 0.25) is 17.8 Å². The number of benzene rings is 2. The predicted octanol–water partition coefficient (Wildman–Crippen LogP) is 4.93. The molecule has 0 unspecified atom stereocenters. The maximum Gasteiger partial charge on any atom is 0.270 e. The first-order valence-corrected chi connectivity index (χ1v) is 14.5. The topological polar surface area (TPSA) is 136 Å². The maximum absolute atomic E-state index is 13.7. The van der Waals surface area contributed by atoms with Crippen molar-refractivity contribution in [2.75, 3.05) is 31.4 Å². The highest BCUT2D eigenvalue weighted by Gasteiger charge is 2.57. The molecule has 0 aliphatic heterocycles. The van der Waals surface area contributed by atoms with Gasteiger partial charge in [-0.3, -0.25) is 19.3 Å². The van der Waals surface area contributed by atoms with Gasteiger partial charge in [-0.25, -0.2) is 4.98 Å². The lowest BCUT2D eigenvalue weighted by atomic mass is 10.0. The normalized spacial score (nSPS) is 15.7. The van der Waals surface area contributed by atoms with Gasteiger partial charge >= 0.3 is 0 Å². The summed E-state index contributed by atoms with van der Waals surface area (Å²) in [6.45, 7) is 0. The molecule has 3 N–H and O–H groups in total. The Morgan fingerprint density at radius 3 is 2.19 bits per heavy atom. The van der Waals surface area contributed by atoms with Crippen LogP contribution in [0, 0.1) is 5.41 Å². The highest BCUT2D eigenvalue weighted by atomic mass is 16.5. The Balaban J connectivity index is 1.31. The molecule has 0 bridgehead atoms. The van der Waals surface area contributed by atoms with Crippen molar-refractivity contribution >= 4 is 51.8 Å². The number of hydrogen-bond acceptors (Lipinski definition) is 7. The molecule has 2 aromatic carbocycles. The molecule has 2 fully saturated rings. The molecule has 0 spiro atoms. The Morgan fingerprint density at radius 1 is 1.00 bits per heavy atom. The average Bonchev–Trinajstić information content (AvgIpc) is 3.50. The Hall–Kier alpha value is -4.93. The smallest absolute Gasteiger partial charge is 0.270 e. The van der Waals surface area contributed by atoms with E-state index in [-0.39, 0.29) is 17.9 Å². The Bertz CT molecular complexity index is 1690. The van der Waals surface area contributed by atoms with E-state index in [1.807, 2.05) is 18.2 Å². The van der Waals surface area contributed by atoms with Gasteiger partial charge in [0, 0.05) is 48.8 Å². The predicted molar refractivity (Wildman–Crippen MR) is 164 cm³/mol. The maximum atomic E-state index is 13.7. The standard InChI is InChI=1S/C32H35N7O4/c1-37(2)28(40)26-18-20-19-34-31(36-27(20)39(26)22-6-4-5-7-22)35-21-8-10-23(11-9-21)38(24-12-14-25(43-3)15-13-24)30(42)32(16-17-32)29(33)41/h8-15,18-19,22H,4-7,16-17H2,1-3H3,(H2,33,41)(H,34,35,36). The van der Waals surface area contributed by atoms with Crippen molar-refractivity contribution in [2.45, 2.75) is 44.6 Å². The number of carbonyl (C=O) groups is 3. The van der Waals surface area contributed by atoms with Gasteiger partial charge in [0.15, 0.2) is 0 Å². The Morgan fingerprint density at radius 2 is 1.63 bits per heavy atom. The third-order valence-electron chi connectivity index (χ3n) is 8.44. The van der Waals surface area contributed by atoms with Gasteiger partial charge in [0.1, 0.15) is 22.5 Å². The molecule has 2 aromatic heterocycles. The molecule has 3 amide bonds. The number of carbonyl (C=O) groups excluding carboxylic acids is 3. The zero-order valence-corrected chi connectivity index (χ0v) is 24.5. The molecule has 4 aromatic rings. The number of anilines is 4. The molecule has 11 nitrogen and oxygen atoms in total. The minimum Gasteiger partial charge on any atom is -0.497 e. The number of hydrogen-bond donors (Lipinski definition) is 2. The monoisotopic (exact) mass is 581 g/mol. The van der Waals surface area contributed by atoms with E-state index in [0.29, 0.717) is 47.3 Å². The van der Waals surface area contributed by atoms with Crippen LogP contribution in [-0.4, -0.2) is 58.4 Å². The molecule has 222 valence electrons. The van der Waals surface area contributed by atoms with E-state index in [9.17, 15) is 14.4 Å². The van der Waals surface area contributed by atoms with Gasteiger partial charge in [-0.15, -0.1) is 0 Å². The summed E-state index contributed by atoms with van der Waals surface area (Å²) in [5.74, 6) is 0.0292. The summed E-state index contributed by atoms with van der Waals surface area (Å²) in [4.78, 5) is 51.4. The van der Waals surface area contributed by atoms with Crippen LogP contribution < -0.4 is 20.7 Å². The van der Waals surface area contributed by atoms with E-state index >= 15 is 0 Å². The van der Waals surface area contributed by atoms with Gasteiger partial charge in [-0.2, -0.15) is 4.98 Å². The number of nitrogens with one attached hydrogen (secondary N) is 1. The molecule has 2 heterocycles. The van der Waals surface area contributed by atoms with E-state index < -0.39 is 11.3 Å². The third-order valence-corrected chi connectivity index (χ3v) is 8.44. The summed E-state index contributed by atoms with van der Waals surface area (Å²) in [7, 11) is 5.08. The Labute approximate surface area is 249 Å². The van der Waals surface area contributed by atoms with Crippen LogP contribution in [-0.2, 0) is 9.59 Å². The van der Waals surface area contributed by atoms with Crippen molar-refractivity contribution in [1.29, 1.82) is 0 Å². The fourth-order valence-corrected chi connectivity index (χ4v) is 5.84. The van der Waals surface area contributed by atoms with Crippen molar-refractivity contribution in [3.63, 3.8) is 0 Å². The van der Waals surface area contributed by atoms with Crippen molar-refractivity contribution in [3.8, 4) is 5.75 Å². The van der Waals surface area contributed by atoms with E-state index in [0.717, 1.165) is 36.7 Å². The zero-order chi connectivity index (χ0) is 30.3. The summed E-state index contributed by atoms with van der Waals surface area (Å²) in [6.07, 6.45) is 6.85. The second-order valence-electron chi connectivity index (χ2n) is 11.5. The van der Waals surface area contributed by atoms with Crippen LogP contribution in [0.2, 0.25) is 0 Å². The largest absolute Gasteiger partial charge is 0.497 e. The molecule has 0 radical (unpaired) electrons. The average molecular weight is 582 g/mol. The fraction of sp³-hybridized carbons (Fsp3) is 0.344. The van der Waals surface area contributed by atoms with Crippen LogP contribution in [0.5, 0.6) is 5.75 Å². The van der Waals surface area contributed by atoms with Gasteiger partial charge in [-0.1, -0.05) is 12.8 Å². The number of amides is 3. The number of nitrogens with zero attached hydrogens (tertiary/aromatic N) is 5. The first kappa shape index (κ1) is 28.2. The number of ether oxygens (including phenoxy) is 1. The van der Waals surface area contributed by atoms with Crippen molar-refractivity contribution in [1.82, 2.24) is 19.4 Å². The molecule has 6 rings (SSSR count). The molecule has 0 atom stereocenters. The van der Waals surface area contributed by atoms with Crippen LogP contribution >= 0.6 is 0 Å². The molecule has 2 aliphatic rings.